The highest BCUT2D eigenvalue weighted by molar-refractivity contribution is 7.92. The second kappa shape index (κ2) is 6.84. The van der Waals surface area contributed by atoms with Crippen molar-refractivity contribution in [2.75, 3.05) is 16.3 Å². The van der Waals surface area contributed by atoms with Gasteiger partial charge in [0.25, 0.3) is 5.91 Å². The van der Waals surface area contributed by atoms with Crippen LogP contribution in [-0.4, -0.2) is 49.0 Å². The van der Waals surface area contributed by atoms with Gasteiger partial charge in [0.2, 0.25) is 15.9 Å². The van der Waals surface area contributed by atoms with Crippen LogP contribution in [-0.2, 0) is 19.6 Å². The van der Waals surface area contributed by atoms with Gasteiger partial charge in [0.15, 0.2) is 0 Å². The minimum atomic E-state index is -3.39. The van der Waals surface area contributed by atoms with Crippen molar-refractivity contribution in [3.05, 3.63) is 24.3 Å². The fraction of sp³-hybridized carbons (Fsp3) is 0.471. The molecule has 0 aromatic heterocycles. The molecule has 146 valence electrons. The first-order chi connectivity index (χ1) is 12.6. The zero-order valence-electron chi connectivity index (χ0n) is 15.1. The summed E-state index contributed by atoms with van der Waals surface area (Å²) in [6, 6.07) is 4.55. The number of rotatable bonds is 5. The third-order valence-corrected chi connectivity index (χ3v) is 5.48. The third-order valence-electron chi connectivity index (χ3n) is 4.87. The molecule has 1 unspecified atom stereocenters. The fourth-order valence-electron chi connectivity index (χ4n) is 3.51. The summed E-state index contributed by atoms with van der Waals surface area (Å²) >= 11 is 0. The van der Waals surface area contributed by atoms with Gasteiger partial charge in [-0.2, -0.15) is 0 Å². The molecule has 10 heteroatoms. The molecule has 0 bridgehead atoms. The van der Waals surface area contributed by atoms with Gasteiger partial charge in [-0.3, -0.25) is 14.3 Å². The molecule has 1 aliphatic heterocycles. The molecule has 1 atom stereocenters. The van der Waals surface area contributed by atoms with E-state index in [9.17, 15) is 22.8 Å². The summed E-state index contributed by atoms with van der Waals surface area (Å²) in [7, 11) is -3.39. The van der Waals surface area contributed by atoms with Gasteiger partial charge in [-0.1, -0.05) is 12.8 Å². The van der Waals surface area contributed by atoms with Gasteiger partial charge in [-0.25, -0.2) is 18.1 Å². The predicted molar refractivity (Wildman–Crippen MR) is 99.6 cm³/mol. The van der Waals surface area contributed by atoms with Gasteiger partial charge in [-0.05, 0) is 44.0 Å². The van der Waals surface area contributed by atoms with Crippen molar-refractivity contribution < 1.29 is 22.8 Å². The van der Waals surface area contributed by atoms with Crippen molar-refractivity contribution >= 4 is 39.2 Å². The Balaban J connectivity index is 1.67. The number of nitrogens with one attached hydrogen (secondary N) is 3. The molecule has 2 aliphatic rings. The van der Waals surface area contributed by atoms with Crippen LogP contribution in [0.25, 0.3) is 0 Å². The number of hydrogen-bond donors (Lipinski definition) is 3. The molecule has 27 heavy (non-hydrogen) atoms. The topological polar surface area (TPSA) is 125 Å². The maximum atomic E-state index is 12.7. The number of nitrogens with zero attached hydrogens (tertiary/aromatic N) is 1. The smallest absolute Gasteiger partial charge is 0.324 e. The minimum Gasteiger partial charge on any atom is -0.324 e. The average Bonchev–Trinajstić information content (AvgIpc) is 3.13. The van der Waals surface area contributed by atoms with Crippen molar-refractivity contribution in [1.29, 1.82) is 0 Å². The lowest BCUT2D eigenvalue weighted by Crippen LogP contribution is -2.48. The quantitative estimate of drug-likeness (QED) is 0.648. The largest absolute Gasteiger partial charge is 0.325 e. The summed E-state index contributed by atoms with van der Waals surface area (Å²) in [5, 5.41) is 5.39. The number of sulfonamides is 1. The molecule has 3 rings (SSSR count). The van der Waals surface area contributed by atoms with E-state index in [0.717, 1.165) is 24.0 Å². The zero-order chi connectivity index (χ0) is 19.8. The third kappa shape index (κ3) is 3.90. The first-order valence-corrected chi connectivity index (χ1v) is 10.5. The monoisotopic (exact) mass is 394 g/mol. The second-order valence-electron chi connectivity index (χ2n) is 7.01. The first kappa shape index (κ1) is 19.2. The molecule has 4 amide bonds. The molecule has 1 aromatic rings. The number of benzene rings is 1. The zero-order valence-corrected chi connectivity index (χ0v) is 15.9. The minimum absolute atomic E-state index is 0.347. The van der Waals surface area contributed by atoms with E-state index in [1.54, 1.807) is 0 Å². The Morgan fingerprint density at radius 2 is 1.70 bits per heavy atom. The SMILES string of the molecule is CC(C(=O)Nc1ccc(NS(C)(=O)=O)cc1)N1C(=O)NC2(CCCC2)C1=O. The highest BCUT2D eigenvalue weighted by atomic mass is 32.2. The summed E-state index contributed by atoms with van der Waals surface area (Å²) < 4.78 is 24.7. The van der Waals surface area contributed by atoms with Crippen LogP contribution < -0.4 is 15.4 Å². The number of urea groups is 1. The van der Waals surface area contributed by atoms with Crippen LogP contribution in [0.4, 0.5) is 16.2 Å². The lowest BCUT2D eigenvalue weighted by molar-refractivity contribution is -0.136. The maximum Gasteiger partial charge on any atom is 0.325 e. The molecule has 1 spiro atoms. The van der Waals surface area contributed by atoms with E-state index in [1.807, 2.05) is 0 Å². The Morgan fingerprint density at radius 3 is 2.26 bits per heavy atom. The number of amides is 4. The van der Waals surface area contributed by atoms with Gasteiger partial charge in [-0.15, -0.1) is 0 Å². The first-order valence-electron chi connectivity index (χ1n) is 8.66. The summed E-state index contributed by atoms with van der Waals surface area (Å²) in [4.78, 5) is 38.5. The van der Waals surface area contributed by atoms with E-state index in [-0.39, 0.29) is 5.91 Å². The van der Waals surface area contributed by atoms with E-state index >= 15 is 0 Å². The van der Waals surface area contributed by atoms with Crippen molar-refractivity contribution in [3.8, 4) is 0 Å². The molecule has 1 saturated heterocycles. The molecule has 1 saturated carbocycles. The lowest BCUT2D eigenvalue weighted by atomic mass is 9.97. The van der Waals surface area contributed by atoms with Gasteiger partial charge in [0, 0.05) is 11.4 Å². The Hall–Kier alpha value is -2.62. The number of hydrogen-bond acceptors (Lipinski definition) is 5. The lowest BCUT2D eigenvalue weighted by Gasteiger charge is -2.23. The van der Waals surface area contributed by atoms with Gasteiger partial charge < -0.3 is 10.6 Å². The average molecular weight is 394 g/mol. The van der Waals surface area contributed by atoms with Crippen molar-refractivity contribution in [3.63, 3.8) is 0 Å². The number of imide groups is 1. The van der Waals surface area contributed by atoms with Gasteiger partial charge in [0.1, 0.15) is 11.6 Å². The molecule has 3 N–H and O–H groups in total. The fourth-order valence-corrected chi connectivity index (χ4v) is 4.07. The summed E-state index contributed by atoms with van der Waals surface area (Å²) in [6.45, 7) is 1.50. The van der Waals surface area contributed by atoms with Gasteiger partial charge >= 0.3 is 6.03 Å². The van der Waals surface area contributed by atoms with E-state index in [4.69, 9.17) is 0 Å². The Labute approximate surface area is 157 Å². The number of carbonyl (C=O) groups excluding carboxylic acids is 3. The van der Waals surface area contributed by atoms with E-state index in [0.29, 0.717) is 24.2 Å². The number of anilines is 2. The van der Waals surface area contributed by atoms with Crippen LogP contribution in [0.2, 0.25) is 0 Å². The Bertz CT molecular complexity index is 875. The summed E-state index contributed by atoms with van der Waals surface area (Å²) in [6.07, 6.45) is 3.97. The molecular weight excluding hydrogens is 372 g/mol. The van der Waals surface area contributed by atoms with E-state index in [1.165, 1.54) is 31.2 Å². The van der Waals surface area contributed by atoms with Crippen LogP contribution >= 0.6 is 0 Å². The van der Waals surface area contributed by atoms with Crippen molar-refractivity contribution in [2.45, 2.75) is 44.2 Å². The van der Waals surface area contributed by atoms with Crippen LogP contribution in [0, 0.1) is 0 Å². The Morgan fingerprint density at radius 1 is 1.15 bits per heavy atom. The molecule has 9 nitrogen and oxygen atoms in total. The molecule has 1 aliphatic carbocycles. The molecule has 1 heterocycles. The highest BCUT2D eigenvalue weighted by Crippen LogP contribution is 2.35. The van der Waals surface area contributed by atoms with Crippen molar-refractivity contribution in [1.82, 2.24) is 10.2 Å². The summed E-state index contributed by atoms with van der Waals surface area (Å²) in [5.74, 6) is -0.849. The molecule has 0 radical (unpaired) electrons. The van der Waals surface area contributed by atoms with Crippen LogP contribution in [0.5, 0.6) is 0 Å². The predicted octanol–water partition coefficient (Wildman–Crippen LogP) is 1.25. The molecule has 2 fully saturated rings. The summed E-state index contributed by atoms with van der Waals surface area (Å²) in [5.41, 5.74) is -0.0701. The van der Waals surface area contributed by atoms with Gasteiger partial charge in [0.05, 0.1) is 6.26 Å². The number of carbonyl (C=O) groups is 3. The maximum absolute atomic E-state index is 12.7. The normalized spacial score (nSPS) is 19.9. The molecular formula is C17H22N4O5S. The highest BCUT2D eigenvalue weighted by Gasteiger charge is 2.54. The molecule has 1 aromatic carbocycles. The second-order valence-corrected chi connectivity index (χ2v) is 8.76. The van der Waals surface area contributed by atoms with Crippen LogP contribution in [0.1, 0.15) is 32.6 Å². The standard InChI is InChI=1S/C17H22N4O5S/c1-11(21-15(23)17(19-16(21)24)9-3-4-10-17)14(22)18-12-5-7-13(8-6-12)20-27(2,25)26/h5-8,11,20H,3-4,9-10H2,1-2H3,(H,18,22)(H,19,24). The van der Waals surface area contributed by atoms with Crippen LogP contribution in [0.3, 0.4) is 0 Å². The van der Waals surface area contributed by atoms with Crippen LogP contribution in [0.15, 0.2) is 24.3 Å². The Kier molecular flexibility index (Phi) is 4.85. The van der Waals surface area contributed by atoms with E-state index in [2.05, 4.69) is 15.4 Å². The van der Waals surface area contributed by atoms with E-state index < -0.39 is 33.5 Å². The van der Waals surface area contributed by atoms with Crippen molar-refractivity contribution in [2.24, 2.45) is 0 Å².